The van der Waals surface area contributed by atoms with Crippen LogP contribution in [0.2, 0.25) is 0 Å². The molecule has 2 aromatic carbocycles. The number of rotatable bonds is 6. The van der Waals surface area contributed by atoms with Crippen LogP contribution in [0.5, 0.6) is 0 Å². The van der Waals surface area contributed by atoms with Crippen LogP contribution in [0.3, 0.4) is 0 Å². The maximum atomic E-state index is 13.1. The summed E-state index contributed by atoms with van der Waals surface area (Å²) in [6.45, 7) is 6.53. The van der Waals surface area contributed by atoms with E-state index < -0.39 is 0 Å². The summed E-state index contributed by atoms with van der Waals surface area (Å²) in [6.07, 6.45) is 3.54. The van der Waals surface area contributed by atoms with Gasteiger partial charge >= 0.3 is 0 Å². The number of benzene rings is 2. The minimum Gasteiger partial charge on any atom is -0.369 e. The summed E-state index contributed by atoms with van der Waals surface area (Å²) in [5.74, 6) is 0.255. The van der Waals surface area contributed by atoms with Crippen LogP contribution in [0.25, 0.3) is 21.8 Å². The van der Waals surface area contributed by atoms with Crippen molar-refractivity contribution in [2.75, 3.05) is 43.4 Å². The molecule has 0 bridgehead atoms. The number of nitrogens with one attached hydrogen (secondary N) is 2. The molecular weight excluding hydrogens is 490 g/mol. The van der Waals surface area contributed by atoms with Crippen molar-refractivity contribution in [2.45, 2.75) is 13.5 Å². The first-order valence-corrected chi connectivity index (χ1v) is 13.1. The fraction of sp³-hybridized carbons (Fsp3) is 0.276. The molecule has 0 spiro atoms. The topological polar surface area (TPSA) is 104 Å². The zero-order valence-electron chi connectivity index (χ0n) is 22.3. The third kappa shape index (κ3) is 5.10. The molecule has 3 aromatic heterocycles. The number of amides is 1. The number of nitrogens with zero attached hydrogens (tertiary/aromatic N) is 7. The average Bonchev–Trinajstić information content (AvgIpc) is 3.29. The highest BCUT2D eigenvalue weighted by molar-refractivity contribution is 6.12. The Morgan fingerprint density at radius 2 is 1.77 bits per heavy atom. The molecule has 1 aliphatic heterocycles. The van der Waals surface area contributed by atoms with Gasteiger partial charge in [0.25, 0.3) is 5.91 Å². The number of carbonyl (C=O) groups is 1. The normalized spacial score (nSPS) is 14.2. The predicted octanol–water partition coefficient (Wildman–Crippen LogP) is 3.65. The largest absolute Gasteiger partial charge is 0.369 e. The van der Waals surface area contributed by atoms with Crippen LogP contribution < -0.4 is 15.5 Å². The highest BCUT2D eigenvalue weighted by atomic mass is 16.1. The van der Waals surface area contributed by atoms with E-state index in [9.17, 15) is 4.79 Å². The van der Waals surface area contributed by atoms with Gasteiger partial charge < -0.3 is 20.4 Å². The van der Waals surface area contributed by atoms with Crippen LogP contribution in [0.1, 0.15) is 21.7 Å². The number of carbonyl (C=O) groups excluding carboxylic acids is 1. The van der Waals surface area contributed by atoms with Crippen molar-refractivity contribution < 1.29 is 4.79 Å². The maximum absolute atomic E-state index is 13.1. The van der Waals surface area contributed by atoms with E-state index in [1.54, 1.807) is 17.1 Å². The van der Waals surface area contributed by atoms with E-state index in [1.165, 1.54) is 5.69 Å². The van der Waals surface area contributed by atoms with Gasteiger partial charge in [0.2, 0.25) is 5.95 Å². The molecule has 0 saturated carbocycles. The highest BCUT2D eigenvalue weighted by Gasteiger charge is 2.19. The molecular formula is C29H31N9O. The molecule has 39 heavy (non-hydrogen) atoms. The van der Waals surface area contributed by atoms with E-state index >= 15 is 0 Å². The number of hydrogen-bond donors (Lipinski definition) is 2. The van der Waals surface area contributed by atoms with Gasteiger partial charge in [0.1, 0.15) is 5.52 Å². The number of pyridine rings is 1. The third-order valence-electron chi connectivity index (χ3n) is 7.18. The second-order valence-corrected chi connectivity index (χ2v) is 10.0. The quantitative estimate of drug-likeness (QED) is 0.349. The number of hydrogen-bond acceptors (Lipinski definition) is 8. The number of fused-ring (bicyclic) bond motifs is 3. The Bertz CT molecular complexity index is 1650. The van der Waals surface area contributed by atoms with E-state index in [4.69, 9.17) is 4.98 Å². The number of anilines is 3. The molecule has 10 nitrogen and oxygen atoms in total. The Balaban J connectivity index is 1.23. The first-order valence-electron chi connectivity index (χ1n) is 13.1. The summed E-state index contributed by atoms with van der Waals surface area (Å²) in [4.78, 5) is 31.4. The lowest BCUT2D eigenvalue weighted by Crippen LogP contribution is -2.44. The number of likely N-dealkylation sites (N-methyl/N-ethyl adjacent to an activating group) is 1. The highest BCUT2D eigenvalue weighted by Crippen LogP contribution is 2.28. The molecule has 1 saturated heterocycles. The summed E-state index contributed by atoms with van der Waals surface area (Å²) in [6, 6.07) is 16.1. The van der Waals surface area contributed by atoms with Gasteiger partial charge in [-0.15, -0.1) is 0 Å². The summed E-state index contributed by atoms with van der Waals surface area (Å²) >= 11 is 0. The lowest BCUT2D eigenvalue weighted by molar-refractivity contribution is 0.0946. The Morgan fingerprint density at radius 3 is 2.54 bits per heavy atom. The fourth-order valence-electron chi connectivity index (χ4n) is 5.01. The Hall–Kier alpha value is -4.57. The predicted molar refractivity (Wildman–Crippen MR) is 153 cm³/mol. The van der Waals surface area contributed by atoms with Gasteiger partial charge in [-0.05, 0) is 62.0 Å². The average molecular weight is 522 g/mol. The van der Waals surface area contributed by atoms with Crippen molar-refractivity contribution in [2.24, 2.45) is 7.05 Å². The van der Waals surface area contributed by atoms with Gasteiger partial charge in [-0.1, -0.05) is 6.07 Å². The molecule has 0 radical (unpaired) electrons. The van der Waals surface area contributed by atoms with Crippen molar-refractivity contribution >= 4 is 45.0 Å². The van der Waals surface area contributed by atoms with E-state index in [0.717, 1.165) is 64.9 Å². The van der Waals surface area contributed by atoms with Crippen molar-refractivity contribution in [1.29, 1.82) is 0 Å². The van der Waals surface area contributed by atoms with Gasteiger partial charge in [-0.25, -0.2) is 9.97 Å². The van der Waals surface area contributed by atoms with Crippen LogP contribution in [0.4, 0.5) is 17.3 Å². The molecule has 5 aromatic rings. The molecule has 1 fully saturated rings. The van der Waals surface area contributed by atoms with Crippen LogP contribution in [0.15, 0.2) is 60.9 Å². The van der Waals surface area contributed by atoms with Crippen molar-refractivity contribution in [1.82, 2.24) is 34.9 Å². The second-order valence-electron chi connectivity index (χ2n) is 10.0. The van der Waals surface area contributed by atoms with Gasteiger partial charge in [-0.2, -0.15) is 5.10 Å². The van der Waals surface area contributed by atoms with Crippen molar-refractivity contribution in [3.05, 3.63) is 77.9 Å². The van der Waals surface area contributed by atoms with Gasteiger partial charge in [-0.3, -0.25) is 14.5 Å². The zero-order chi connectivity index (χ0) is 26.9. The smallest absolute Gasteiger partial charge is 0.272 e. The fourth-order valence-corrected chi connectivity index (χ4v) is 5.01. The Labute approximate surface area is 226 Å². The standard InChI is InChI=1S/C29H31N9O/c1-19-16-20(10-11-30-19)17-31-28(39)26-24-9-4-21-18-32-29(34-25(21)27(24)37(3)35-26)33-22-5-7-23(8-6-22)38-14-12-36(2)13-15-38/h4-11,16,18H,12-15,17H2,1-3H3,(H,31,39)(H,32,33,34). The molecule has 0 atom stereocenters. The van der Waals surface area contributed by atoms with Gasteiger partial charge in [0, 0.05) is 80.0 Å². The summed E-state index contributed by atoms with van der Waals surface area (Å²) < 4.78 is 1.71. The second kappa shape index (κ2) is 10.3. The van der Waals surface area contributed by atoms with Crippen LogP contribution in [-0.4, -0.2) is 68.8 Å². The molecule has 2 N–H and O–H groups in total. The number of aryl methyl sites for hydroxylation is 2. The maximum Gasteiger partial charge on any atom is 0.272 e. The lowest BCUT2D eigenvalue weighted by atomic mass is 10.1. The van der Waals surface area contributed by atoms with Gasteiger partial charge in [0.05, 0.1) is 5.52 Å². The number of piperazine rings is 1. The Morgan fingerprint density at radius 1 is 0.974 bits per heavy atom. The summed E-state index contributed by atoms with van der Waals surface area (Å²) in [5, 5.41) is 12.5. The van der Waals surface area contributed by atoms with Crippen molar-refractivity contribution in [3.63, 3.8) is 0 Å². The molecule has 1 amide bonds. The molecule has 6 rings (SSSR count). The van der Waals surface area contributed by atoms with Crippen LogP contribution in [-0.2, 0) is 13.6 Å². The first-order chi connectivity index (χ1) is 18.9. The van der Waals surface area contributed by atoms with E-state index in [1.807, 2.05) is 38.2 Å². The Kier molecular flexibility index (Phi) is 6.54. The van der Waals surface area contributed by atoms with Crippen LogP contribution >= 0.6 is 0 Å². The van der Waals surface area contributed by atoms with E-state index in [0.29, 0.717) is 18.2 Å². The number of aromatic nitrogens is 5. The molecule has 10 heteroatoms. The zero-order valence-corrected chi connectivity index (χ0v) is 22.3. The summed E-state index contributed by atoms with van der Waals surface area (Å²) in [7, 11) is 3.99. The van der Waals surface area contributed by atoms with E-state index in [2.05, 4.69) is 66.8 Å². The minimum absolute atomic E-state index is 0.234. The van der Waals surface area contributed by atoms with Gasteiger partial charge in [0.15, 0.2) is 5.69 Å². The third-order valence-corrected chi connectivity index (χ3v) is 7.18. The molecule has 1 aliphatic rings. The first kappa shape index (κ1) is 24.7. The molecule has 4 heterocycles. The lowest BCUT2D eigenvalue weighted by Gasteiger charge is -2.34. The molecule has 198 valence electrons. The molecule has 0 unspecified atom stereocenters. The van der Waals surface area contributed by atoms with Crippen LogP contribution in [0, 0.1) is 6.92 Å². The molecule has 0 aliphatic carbocycles. The monoisotopic (exact) mass is 521 g/mol. The van der Waals surface area contributed by atoms with Crippen molar-refractivity contribution in [3.8, 4) is 0 Å². The van der Waals surface area contributed by atoms with E-state index in [-0.39, 0.29) is 5.91 Å². The SMILES string of the molecule is Cc1cc(CNC(=O)c2nn(C)c3c2ccc2cnc(Nc4ccc(N5CCN(C)CC5)cc4)nc23)ccn1. The minimum atomic E-state index is -0.234. The summed E-state index contributed by atoms with van der Waals surface area (Å²) in [5.41, 5.74) is 5.91.